The summed E-state index contributed by atoms with van der Waals surface area (Å²) in [7, 11) is 1.92. The summed E-state index contributed by atoms with van der Waals surface area (Å²) in [5.74, 6) is 0.612. The summed E-state index contributed by atoms with van der Waals surface area (Å²) < 4.78 is 7.74. The molecule has 2 aromatic rings. The fraction of sp³-hybridized carbons (Fsp3) is 0.538. The van der Waals surface area contributed by atoms with Crippen molar-refractivity contribution in [2.45, 2.75) is 77.7 Å². The van der Waals surface area contributed by atoms with E-state index in [1.807, 2.05) is 42.2 Å². The largest absolute Gasteiger partial charge is 0.492 e. The minimum absolute atomic E-state index is 0.0991. The van der Waals surface area contributed by atoms with Gasteiger partial charge in [0.25, 0.3) is 5.91 Å². The van der Waals surface area contributed by atoms with Crippen molar-refractivity contribution in [3.05, 3.63) is 58.9 Å². The molecule has 5 heteroatoms. The lowest BCUT2D eigenvalue weighted by atomic mass is 10.1. The van der Waals surface area contributed by atoms with Gasteiger partial charge in [0, 0.05) is 18.7 Å². The molecule has 0 saturated carbocycles. The molecule has 0 aliphatic rings. The quantitative estimate of drug-likeness (QED) is 0.255. The molecule has 0 radical (unpaired) electrons. The van der Waals surface area contributed by atoms with E-state index in [2.05, 4.69) is 12.2 Å². The van der Waals surface area contributed by atoms with Crippen LogP contribution < -0.4 is 14.6 Å². The van der Waals surface area contributed by atoms with Crippen molar-refractivity contribution in [2.75, 3.05) is 6.61 Å². The molecular formula is C26H38ClN2O2+. The van der Waals surface area contributed by atoms with Crippen molar-refractivity contribution >= 4 is 17.5 Å². The molecule has 0 atom stereocenters. The molecule has 1 N–H and O–H groups in total. The maximum Gasteiger partial charge on any atom is 0.252 e. The standard InChI is InChI=1S/C26H37ClN2O2/c1-3-4-5-6-7-8-9-10-11-12-19-31-25-14-13-22(20-24(25)27)21-28-26(30)23-15-17-29(2)18-16-23/h13-18,20H,3-12,19,21H2,1-2H3/p+1. The Hall–Kier alpha value is -2.07. The molecule has 1 amide bonds. The van der Waals surface area contributed by atoms with Gasteiger partial charge in [-0.3, -0.25) is 4.79 Å². The van der Waals surface area contributed by atoms with Gasteiger partial charge in [0.15, 0.2) is 12.4 Å². The van der Waals surface area contributed by atoms with E-state index in [1.54, 1.807) is 12.1 Å². The first-order chi connectivity index (χ1) is 15.1. The Morgan fingerprint density at radius 2 is 1.55 bits per heavy atom. The van der Waals surface area contributed by atoms with Crippen molar-refractivity contribution in [3.8, 4) is 5.75 Å². The van der Waals surface area contributed by atoms with Crippen LogP contribution in [0.5, 0.6) is 5.75 Å². The van der Waals surface area contributed by atoms with Gasteiger partial charge in [-0.25, -0.2) is 4.57 Å². The number of nitrogens with zero attached hydrogens (tertiary/aromatic N) is 1. The molecule has 1 aromatic carbocycles. The Labute approximate surface area is 193 Å². The number of benzene rings is 1. The van der Waals surface area contributed by atoms with Crippen LogP contribution in [0.3, 0.4) is 0 Å². The Bertz CT molecular complexity index is 777. The maximum atomic E-state index is 12.2. The van der Waals surface area contributed by atoms with Gasteiger partial charge in [0.05, 0.1) is 17.2 Å². The second-order valence-corrected chi connectivity index (χ2v) is 8.64. The number of carbonyl (C=O) groups excluding carboxylic acids is 1. The number of pyridine rings is 1. The fourth-order valence-electron chi connectivity index (χ4n) is 3.48. The van der Waals surface area contributed by atoms with Gasteiger partial charge in [-0.05, 0) is 24.1 Å². The Balaban J connectivity index is 1.60. The Morgan fingerprint density at radius 1 is 0.935 bits per heavy atom. The number of hydrogen-bond acceptors (Lipinski definition) is 2. The van der Waals surface area contributed by atoms with E-state index in [4.69, 9.17) is 16.3 Å². The molecule has 1 heterocycles. The van der Waals surface area contributed by atoms with Gasteiger partial charge in [-0.2, -0.15) is 0 Å². The predicted molar refractivity (Wildman–Crippen MR) is 128 cm³/mol. The maximum absolute atomic E-state index is 12.2. The number of ether oxygens (including phenoxy) is 1. The summed E-state index contributed by atoms with van der Waals surface area (Å²) in [6.45, 7) is 3.38. The molecule has 0 saturated heterocycles. The molecule has 0 spiro atoms. The van der Waals surface area contributed by atoms with Crippen LogP contribution in [0.4, 0.5) is 0 Å². The average molecular weight is 446 g/mol. The van der Waals surface area contributed by atoms with Crippen LogP contribution in [-0.2, 0) is 13.6 Å². The van der Waals surface area contributed by atoms with Crippen molar-refractivity contribution < 1.29 is 14.1 Å². The highest BCUT2D eigenvalue weighted by atomic mass is 35.5. The third kappa shape index (κ3) is 10.2. The second-order valence-electron chi connectivity index (χ2n) is 8.23. The third-order valence-electron chi connectivity index (χ3n) is 5.45. The van der Waals surface area contributed by atoms with E-state index < -0.39 is 0 Å². The van der Waals surface area contributed by atoms with E-state index in [1.165, 1.54) is 57.8 Å². The van der Waals surface area contributed by atoms with Crippen molar-refractivity contribution in [2.24, 2.45) is 7.05 Å². The van der Waals surface area contributed by atoms with Crippen LogP contribution in [0.15, 0.2) is 42.7 Å². The number of aromatic nitrogens is 1. The van der Waals surface area contributed by atoms with Crippen molar-refractivity contribution in [1.29, 1.82) is 0 Å². The molecule has 0 aliphatic carbocycles. The summed E-state index contributed by atoms with van der Waals surface area (Å²) in [5.41, 5.74) is 1.59. The van der Waals surface area contributed by atoms with E-state index in [9.17, 15) is 4.79 Å². The molecule has 0 bridgehead atoms. The smallest absolute Gasteiger partial charge is 0.252 e. The van der Waals surface area contributed by atoms with Crippen molar-refractivity contribution in [1.82, 2.24) is 5.32 Å². The summed E-state index contributed by atoms with van der Waals surface area (Å²) in [6, 6.07) is 9.30. The molecule has 4 nitrogen and oxygen atoms in total. The number of carbonyl (C=O) groups is 1. The lowest BCUT2D eigenvalue weighted by molar-refractivity contribution is -0.671. The number of hydrogen-bond donors (Lipinski definition) is 1. The molecule has 0 aliphatic heterocycles. The first-order valence-corrected chi connectivity index (χ1v) is 12.1. The normalized spacial score (nSPS) is 10.8. The predicted octanol–water partition coefficient (Wildman–Crippen LogP) is 6.39. The molecule has 0 unspecified atom stereocenters. The van der Waals surface area contributed by atoms with Gasteiger partial charge < -0.3 is 10.1 Å². The van der Waals surface area contributed by atoms with Crippen LogP contribution in [0.2, 0.25) is 5.02 Å². The third-order valence-corrected chi connectivity index (χ3v) is 5.74. The van der Waals surface area contributed by atoms with Crippen LogP contribution in [-0.4, -0.2) is 12.5 Å². The minimum Gasteiger partial charge on any atom is -0.492 e. The topological polar surface area (TPSA) is 42.2 Å². The number of nitrogens with one attached hydrogen (secondary N) is 1. The number of halogens is 1. The zero-order chi connectivity index (χ0) is 22.3. The minimum atomic E-state index is -0.0991. The number of amides is 1. The zero-order valence-electron chi connectivity index (χ0n) is 19.2. The highest BCUT2D eigenvalue weighted by Gasteiger charge is 2.08. The highest BCUT2D eigenvalue weighted by molar-refractivity contribution is 6.32. The summed E-state index contributed by atoms with van der Waals surface area (Å²) in [6.07, 6.45) is 16.8. The van der Waals surface area contributed by atoms with Gasteiger partial charge in [0.2, 0.25) is 0 Å². The van der Waals surface area contributed by atoms with E-state index in [0.717, 1.165) is 12.0 Å². The van der Waals surface area contributed by atoms with Crippen LogP contribution >= 0.6 is 11.6 Å². The zero-order valence-corrected chi connectivity index (χ0v) is 19.9. The first-order valence-electron chi connectivity index (χ1n) is 11.7. The summed E-state index contributed by atoms with van der Waals surface area (Å²) in [4.78, 5) is 12.2. The van der Waals surface area contributed by atoms with Gasteiger partial charge >= 0.3 is 0 Å². The summed E-state index contributed by atoms with van der Waals surface area (Å²) >= 11 is 6.37. The number of unbranched alkanes of at least 4 members (excludes halogenated alkanes) is 9. The average Bonchev–Trinajstić information content (AvgIpc) is 2.77. The lowest BCUT2D eigenvalue weighted by Crippen LogP contribution is -2.28. The van der Waals surface area contributed by atoms with E-state index in [-0.39, 0.29) is 5.91 Å². The SMILES string of the molecule is CCCCCCCCCCCCOc1ccc(CNC(=O)c2cc[n+](C)cc2)cc1Cl. The van der Waals surface area contributed by atoms with E-state index in [0.29, 0.717) is 29.5 Å². The van der Waals surface area contributed by atoms with Gasteiger partial charge in [-0.15, -0.1) is 0 Å². The first kappa shape index (κ1) is 25.2. The van der Waals surface area contributed by atoms with Gasteiger partial charge in [-0.1, -0.05) is 82.4 Å². The monoisotopic (exact) mass is 445 g/mol. The highest BCUT2D eigenvalue weighted by Crippen LogP contribution is 2.26. The number of aryl methyl sites for hydroxylation is 1. The van der Waals surface area contributed by atoms with Gasteiger partial charge in [0.1, 0.15) is 12.8 Å². The molecular weight excluding hydrogens is 408 g/mol. The molecule has 1 aromatic heterocycles. The van der Waals surface area contributed by atoms with Crippen molar-refractivity contribution in [3.63, 3.8) is 0 Å². The molecule has 170 valence electrons. The summed E-state index contributed by atoms with van der Waals surface area (Å²) in [5, 5.41) is 3.51. The number of rotatable bonds is 15. The fourth-order valence-corrected chi connectivity index (χ4v) is 3.74. The second kappa shape index (κ2) is 14.9. The van der Waals surface area contributed by atoms with Crippen LogP contribution in [0.25, 0.3) is 0 Å². The molecule has 31 heavy (non-hydrogen) atoms. The van der Waals surface area contributed by atoms with E-state index >= 15 is 0 Å². The Kier molecular flexibility index (Phi) is 12.1. The molecule has 2 rings (SSSR count). The lowest BCUT2D eigenvalue weighted by Gasteiger charge is -2.10. The van der Waals surface area contributed by atoms with Crippen LogP contribution in [0, 0.1) is 0 Å². The molecule has 0 fully saturated rings. The Morgan fingerprint density at radius 3 is 2.16 bits per heavy atom. The van der Waals surface area contributed by atoms with Crippen LogP contribution in [0.1, 0.15) is 87.1 Å².